The number of thioether (sulfide) groups is 1. The van der Waals surface area contributed by atoms with E-state index in [1.54, 1.807) is 24.8 Å². The minimum Gasteiger partial charge on any atom is -0.258 e. The molecule has 0 amide bonds. The quantitative estimate of drug-likeness (QED) is 0.629. The maximum atomic E-state index is 12.6. The van der Waals surface area contributed by atoms with E-state index < -0.39 is 14.9 Å². The zero-order chi connectivity index (χ0) is 14.8. The van der Waals surface area contributed by atoms with Gasteiger partial charge in [-0.2, -0.15) is 16.1 Å². The molecule has 0 saturated carbocycles. The number of sulfonamides is 1. The largest absolute Gasteiger partial charge is 0.289 e. The van der Waals surface area contributed by atoms with E-state index in [0.29, 0.717) is 18.7 Å². The smallest absolute Gasteiger partial charge is 0.258 e. The molecule has 2 rings (SSSR count). The summed E-state index contributed by atoms with van der Waals surface area (Å²) >= 11 is 1.70. The molecule has 0 spiro atoms. The first-order valence-corrected chi connectivity index (χ1v) is 8.85. The van der Waals surface area contributed by atoms with Crippen molar-refractivity contribution in [3.8, 4) is 0 Å². The van der Waals surface area contributed by atoms with Crippen molar-refractivity contribution in [3.63, 3.8) is 0 Å². The van der Waals surface area contributed by atoms with Crippen LogP contribution in [-0.2, 0) is 10.0 Å². The molecule has 0 radical (unpaired) electrons. The summed E-state index contributed by atoms with van der Waals surface area (Å²) in [7, 11) is -3.80. The van der Waals surface area contributed by atoms with Gasteiger partial charge < -0.3 is 0 Å². The molecule has 0 aromatic heterocycles. The molecule has 1 saturated heterocycles. The Bertz CT molecular complexity index is 608. The normalized spacial score (nSPS) is 17.6. The first-order chi connectivity index (χ1) is 9.43. The van der Waals surface area contributed by atoms with Gasteiger partial charge >= 0.3 is 0 Å². The second-order valence-corrected chi connectivity index (χ2v) is 7.73. The van der Waals surface area contributed by atoms with Gasteiger partial charge in [0.15, 0.2) is 4.90 Å². The van der Waals surface area contributed by atoms with Gasteiger partial charge in [-0.25, -0.2) is 8.42 Å². The highest BCUT2D eigenvalue weighted by atomic mass is 32.2. The third kappa shape index (κ3) is 3.13. The summed E-state index contributed by atoms with van der Waals surface area (Å²) in [5.74, 6) is 1.64. The molecule has 1 aromatic rings. The van der Waals surface area contributed by atoms with Crippen molar-refractivity contribution in [1.82, 2.24) is 4.31 Å². The topological polar surface area (TPSA) is 80.5 Å². The zero-order valence-corrected chi connectivity index (χ0v) is 12.7. The third-order valence-corrected chi connectivity index (χ3v) is 6.10. The molecular formula is C12H16N2O4S2. The highest BCUT2D eigenvalue weighted by Crippen LogP contribution is 2.28. The average molecular weight is 316 g/mol. The van der Waals surface area contributed by atoms with E-state index in [-0.39, 0.29) is 10.6 Å². The predicted molar refractivity (Wildman–Crippen MR) is 78.5 cm³/mol. The lowest BCUT2D eigenvalue weighted by Gasteiger charge is -2.19. The monoisotopic (exact) mass is 316 g/mol. The first-order valence-electron chi connectivity index (χ1n) is 6.26. The second kappa shape index (κ2) is 6.11. The number of nitrogens with zero attached hydrogens (tertiary/aromatic N) is 2. The van der Waals surface area contributed by atoms with E-state index in [2.05, 4.69) is 0 Å². The van der Waals surface area contributed by atoms with E-state index in [1.165, 1.54) is 16.4 Å². The van der Waals surface area contributed by atoms with Crippen molar-refractivity contribution in [2.75, 3.05) is 24.6 Å². The Kier molecular flexibility index (Phi) is 4.66. The summed E-state index contributed by atoms with van der Waals surface area (Å²) in [4.78, 5) is 10.2. The lowest BCUT2D eigenvalue weighted by molar-refractivity contribution is -0.387. The van der Waals surface area contributed by atoms with Crippen LogP contribution in [0.2, 0.25) is 0 Å². The third-order valence-electron chi connectivity index (χ3n) is 3.11. The highest BCUT2D eigenvalue weighted by Gasteiger charge is 2.31. The number of nitro benzene ring substituents is 1. The zero-order valence-electron chi connectivity index (χ0n) is 11.1. The summed E-state index contributed by atoms with van der Waals surface area (Å²) in [5.41, 5.74) is 0.323. The van der Waals surface area contributed by atoms with Crippen LogP contribution < -0.4 is 0 Å². The van der Waals surface area contributed by atoms with Gasteiger partial charge in [0.25, 0.3) is 5.69 Å². The van der Waals surface area contributed by atoms with Crippen molar-refractivity contribution in [2.45, 2.75) is 18.2 Å². The van der Waals surface area contributed by atoms with E-state index in [0.717, 1.165) is 17.9 Å². The molecule has 20 heavy (non-hydrogen) atoms. The fourth-order valence-electron chi connectivity index (χ4n) is 2.09. The lowest BCUT2D eigenvalue weighted by atomic mass is 10.2. The van der Waals surface area contributed by atoms with Crippen molar-refractivity contribution < 1.29 is 13.3 Å². The Labute approximate surface area is 122 Å². The SMILES string of the molecule is Cc1ccc(S(=O)(=O)N2CCCSCC2)c([N+](=O)[O-])c1. The molecule has 6 nitrogen and oxygen atoms in total. The van der Waals surface area contributed by atoms with Gasteiger partial charge in [-0.05, 0) is 30.7 Å². The van der Waals surface area contributed by atoms with Crippen LogP contribution in [0.3, 0.4) is 0 Å². The van der Waals surface area contributed by atoms with Crippen LogP contribution in [0.4, 0.5) is 5.69 Å². The summed E-state index contributed by atoms with van der Waals surface area (Å²) < 4.78 is 26.5. The fraction of sp³-hybridized carbons (Fsp3) is 0.500. The first kappa shape index (κ1) is 15.3. The number of aryl methyl sites for hydroxylation is 1. The van der Waals surface area contributed by atoms with Crippen molar-refractivity contribution in [2.24, 2.45) is 0 Å². The summed E-state index contributed by atoms with van der Waals surface area (Å²) in [6.45, 7) is 2.52. The van der Waals surface area contributed by atoms with E-state index in [1.807, 2.05) is 0 Å². The fourth-order valence-corrected chi connectivity index (χ4v) is 4.71. The van der Waals surface area contributed by atoms with Crippen molar-refractivity contribution >= 4 is 27.5 Å². The van der Waals surface area contributed by atoms with E-state index in [4.69, 9.17) is 0 Å². The number of benzene rings is 1. The minimum absolute atomic E-state index is 0.208. The molecule has 1 fully saturated rings. The molecule has 8 heteroatoms. The molecule has 0 unspecified atom stereocenters. The van der Waals surface area contributed by atoms with E-state index in [9.17, 15) is 18.5 Å². The molecule has 1 aromatic carbocycles. The van der Waals surface area contributed by atoms with Crippen LogP contribution in [0.25, 0.3) is 0 Å². The van der Waals surface area contributed by atoms with Gasteiger partial charge in [0, 0.05) is 24.9 Å². The van der Waals surface area contributed by atoms with Crippen LogP contribution in [0.15, 0.2) is 23.1 Å². The predicted octanol–water partition coefficient (Wildman–Crippen LogP) is 2.03. The maximum absolute atomic E-state index is 12.6. The van der Waals surface area contributed by atoms with Crippen LogP contribution in [0.5, 0.6) is 0 Å². The van der Waals surface area contributed by atoms with Gasteiger partial charge in [-0.1, -0.05) is 6.07 Å². The molecule has 1 aliphatic rings. The van der Waals surface area contributed by atoms with Gasteiger partial charge in [0.05, 0.1) is 4.92 Å². The summed E-state index contributed by atoms with van der Waals surface area (Å²) in [6.07, 6.45) is 0.767. The van der Waals surface area contributed by atoms with Gasteiger partial charge in [-0.3, -0.25) is 10.1 Å². The Hall–Kier alpha value is -1.12. The summed E-state index contributed by atoms with van der Waals surface area (Å²) in [5, 5.41) is 11.1. The van der Waals surface area contributed by atoms with Crippen LogP contribution in [0, 0.1) is 17.0 Å². The lowest BCUT2D eigenvalue weighted by Crippen LogP contribution is -2.33. The standard InChI is InChI=1S/C12H16N2O4S2/c1-10-3-4-12(11(9-10)14(15)16)20(17,18)13-5-2-7-19-8-6-13/h3-4,9H,2,5-8H2,1H3. The molecule has 1 heterocycles. The molecule has 110 valence electrons. The average Bonchev–Trinajstić information content (AvgIpc) is 2.67. The minimum atomic E-state index is -3.80. The Morgan fingerprint density at radius 2 is 2.05 bits per heavy atom. The Morgan fingerprint density at radius 3 is 2.75 bits per heavy atom. The van der Waals surface area contributed by atoms with Gasteiger partial charge in [0.1, 0.15) is 0 Å². The molecule has 0 N–H and O–H groups in total. The molecule has 0 atom stereocenters. The highest BCUT2D eigenvalue weighted by molar-refractivity contribution is 7.99. The van der Waals surface area contributed by atoms with Crippen LogP contribution in [0.1, 0.15) is 12.0 Å². The molecule has 1 aliphatic heterocycles. The summed E-state index contributed by atoms with van der Waals surface area (Å²) in [6, 6.07) is 4.23. The number of nitro groups is 1. The Balaban J connectivity index is 2.45. The van der Waals surface area contributed by atoms with Crippen LogP contribution >= 0.6 is 11.8 Å². The van der Waals surface area contributed by atoms with Crippen molar-refractivity contribution in [3.05, 3.63) is 33.9 Å². The molecule has 0 aliphatic carbocycles. The van der Waals surface area contributed by atoms with E-state index >= 15 is 0 Å². The Morgan fingerprint density at radius 1 is 1.30 bits per heavy atom. The maximum Gasteiger partial charge on any atom is 0.289 e. The number of hydrogen-bond acceptors (Lipinski definition) is 5. The van der Waals surface area contributed by atoms with Crippen LogP contribution in [-0.4, -0.2) is 42.2 Å². The number of rotatable bonds is 3. The van der Waals surface area contributed by atoms with Crippen molar-refractivity contribution in [1.29, 1.82) is 0 Å². The molecular weight excluding hydrogens is 300 g/mol. The van der Waals surface area contributed by atoms with Gasteiger partial charge in [0.2, 0.25) is 10.0 Å². The van der Waals surface area contributed by atoms with Gasteiger partial charge in [-0.15, -0.1) is 0 Å². The second-order valence-electron chi connectivity index (χ2n) is 4.60. The number of hydrogen-bond donors (Lipinski definition) is 0. The molecule has 0 bridgehead atoms.